The predicted molar refractivity (Wildman–Crippen MR) is 80.3 cm³/mol. The number of anilines is 1. The van der Waals surface area contributed by atoms with E-state index in [9.17, 15) is 0 Å². The van der Waals surface area contributed by atoms with E-state index < -0.39 is 0 Å². The van der Waals surface area contributed by atoms with Gasteiger partial charge in [0, 0.05) is 15.0 Å². The molecule has 0 unspecified atom stereocenters. The van der Waals surface area contributed by atoms with E-state index in [4.69, 9.17) is 0 Å². The maximum atomic E-state index is 4.68. The van der Waals surface area contributed by atoms with Gasteiger partial charge in [-0.1, -0.05) is 18.9 Å². The molecule has 1 aliphatic rings. The topological polar surface area (TPSA) is 24.9 Å². The van der Waals surface area contributed by atoms with Gasteiger partial charge in [-0.25, -0.2) is 4.98 Å². The van der Waals surface area contributed by atoms with Crippen LogP contribution in [0.2, 0.25) is 0 Å². The molecule has 0 atom stereocenters. The Hall–Kier alpha value is -0.840. The summed E-state index contributed by atoms with van der Waals surface area (Å²) in [5.41, 5.74) is 1.08. The lowest BCUT2D eigenvalue weighted by molar-refractivity contribution is 0.751. The van der Waals surface area contributed by atoms with E-state index in [1.807, 2.05) is 0 Å². The number of pyridine rings is 1. The highest BCUT2D eigenvalue weighted by Gasteiger charge is 2.14. The molecule has 1 saturated carbocycles. The number of aromatic nitrogens is 1. The summed E-state index contributed by atoms with van der Waals surface area (Å²) in [6, 6.07) is 11.2. The number of benzene rings is 1. The third-order valence-electron chi connectivity index (χ3n) is 3.39. The highest BCUT2D eigenvalue weighted by Crippen LogP contribution is 2.24. The third kappa shape index (κ3) is 2.39. The van der Waals surface area contributed by atoms with Gasteiger partial charge >= 0.3 is 0 Å². The van der Waals surface area contributed by atoms with Crippen molar-refractivity contribution in [3.05, 3.63) is 33.9 Å². The van der Waals surface area contributed by atoms with Crippen molar-refractivity contribution in [1.29, 1.82) is 0 Å². The van der Waals surface area contributed by atoms with E-state index in [2.05, 4.69) is 63.2 Å². The number of hydrogen-bond donors (Lipinski definition) is 1. The minimum Gasteiger partial charge on any atom is -0.367 e. The molecule has 2 aromatic rings. The first kappa shape index (κ1) is 11.3. The minimum absolute atomic E-state index is 0.628. The second-order valence-electron chi connectivity index (χ2n) is 4.63. The van der Waals surface area contributed by atoms with Crippen molar-refractivity contribution in [2.24, 2.45) is 0 Å². The molecule has 0 aliphatic heterocycles. The lowest BCUT2D eigenvalue weighted by Gasteiger charge is -2.13. The average molecular weight is 338 g/mol. The monoisotopic (exact) mass is 338 g/mol. The summed E-state index contributed by atoms with van der Waals surface area (Å²) >= 11 is 2.36. The Morgan fingerprint density at radius 2 is 1.94 bits per heavy atom. The van der Waals surface area contributed by atoms with Gasteiger partial charge in [0.25, 0.3) is 0 Å². The van der Waals surface area contributed by atoms with Gasteiger partial charge in [-0.2, -0.15) is 0 Å². The highest BCUT2D eigenvalue weighted by molar-refractivity contribution is 14.1. The molecule has 0 amide bonds. The highest BCUT2D eigenvalue weighted by atomic mass is 127. The fourth-order valence-corrected chi connectivity index (χ4v) is 3.14. The number of rotatable bonds is 2. The van der Waals surface area contributed by atoms with Crippen LogP contribution in [0.1, 0.15) is 25.7 Å². The number of nitrogens with one attached hydrogen (secondary N) is 1. The molecular formula is C14H15IN2. The van der Waals surface area contributed by atoms with E-state index in [0.29, 0.717) is 6.04 Å². The van der Waals surface area contributed by atoms with Crippen LogP contribution in [-0.4, -0.2) is 11.0 Å². The van der Waals surface area contributed by atoms with Crippen LogP contribution in [0.3, 0.4) is 0 Å². The predicted octanol–water partition coefficient (Wildman–Crippen LogP) is 4.19. The number of fused-ring (bicyclic) bond motifs is 1. The zero-order valence-corrected chi connectivity index (χ0v) is 11.8. The van der Waals surface area contributed by atoms with Crippen LogP contribution >= 0.6 is 22.6 Å². The normalized spacial score (nSPS) is 16.5. The second-order valence-corrected chi connectivity index (χ2v) is 5.79. The summed E-state index contributed by atoms with van der Waals surface area (Å²) in [6.07, 6.45) is 5.27. The van der Waals surface area contributed by atoms with Crippen LogP contribution in [0, 0.1) is 3.57 Å². The Kier molecular flexibility index (Phi) is 3.18. The molecule has 17 heavy (non-hydrogen) atoms. The summed E-state index contributed by atoms with van der Waals surface area (Å²) in [5, 5.41) is 4.78. The van der Waals surface area contributed by atoms with Crippen LogP contribution < -0.4 is 5.32 Å². The molecule has 3 heteroatoms. The van der Waals surface area contributed by atoms with Crippen molar-refractivity contribution in [2.45, 2.75) is 31.7 Å². The summed E-state index contributed by atoms with van der Waals surface area (Å²) < 4.78 is 1.26. The smallest absolute Gasteiger partial charge is 0.126 e. The zero-order valence-electron chi connectivity index (χ0n) is 9.62. The van der Waals surface area contributed by atoms with Gasteiger partial charge in [0.1, 0.15) is 5.82 Å². The quantitative estimate of drug-likeness (QED) is 0.831. The van der Waals surface area contributed by atoms with Gasteiger partial charge < -0.3 is 5.32 Å². The fraction of sp³-hybridized carbons (Fsp3) is 0.357. The van der Waals surface area contributed by atoms with Crippen LogP contribution in [0.5, 0.6) is 0 Å². The maximum absolute atomic E-state index is 4.68. The van der Waals surface area contributed by atoms with E-state index in [1.54, 1.807) is 0 Å². The molecule has 0 saturated heterocycles. The van der Waals surface area contributed by atoms with Gasteiger partial charge in [-0.3, -0.25) is 0 Å². The zero-order chi connectivity index (χ0) is 11.7. The number of hydrogen-bond acceptors (Lipinski definition) is 2. The van der Waals surface area contributed by atoms with E-state index in [0.717, 1.165) is 11.3 Å². The first-order chi connectivity index (χ1) is 8.33. The van der Waals surface area contributed by atoms with Crippen molar-refractivity contribution >= 4 is 39.3 Å². The third-order valence-corrected chi connectivity index (χ3v) is 4.33. The average Bonchev–Trinajstić information content (AvgIpc) is 2.82. The molecule has 1 fully saturated rings. The largest absolute Gasteiger partial charge is 0.367 e. The Bertz CT molecular complexity index is 533. The molecule has 1 N–H and O–H groups in total. The molecule has 0 bridgehead atoms. The van der Waals surface area contributed by atoms with Crippen LogP contribution in [-0.2, 0) is 0 Å². The Balaban J connectivity index is 1.90. The minimum atomic E-state index is 0.628. The van der Waals surface area contributed by atoms with Gasteiger partial charge in [0.15, 0.2) is 0 Å². The lowest BCUT2D eigenvalue weighted by atomic mass is 10.2. The van der Waals surface area contributed by atoms with Gasteiger partial charge in [-0.05, 0) is 59.7 Å². The Morgan fingerprint density at radius 3 is 2.76 bits per heavy atom. The fourth-order valence-electron chi connectivity index (χ4n) is 2.48. The first-order valence-corrected chi connectivity index (χ1v) is 7.22. The van der Waals surface area contributed by atoms with Crippen LogP contribution in [0.4, 0.5) is 5.82 Å². The van der Waals surface area contributed by atoms with Crippen LogP contribution in [0.15, 0.2) is 30.3 Å². The van der Waals surface area contributed by atoms with Gasteiger partial charge in [0.2, 0.25) is 0 Å². The van der Waals surface area contributed by atoms with E-state index >= 15 is 0 Å². The molecule has 1 aromatic carbocycles. The molecule has 3 rings (SSSR count). The van der Waals surface area contributed by atoms with Gasteiger partial charge in [-0.15, -0.1) is 0 Å². The molecular weight excluding hydrogens is 323 g/mol. The van der Waals surface area contributed by atoms with E-state index in [-0.39, 0.29) is 0 Å². The maximum Gasteiger partial charge on any atom is 0.126 e. The Labute approximate surface area is 115 Å². The summed E-state index contributed by atoms with van der Waals surface area (Å²) in [5.74, 6) is 1.02. The molecule has 88 valence electrons. The molecule has 1 aromatic heterocycles. The number of halogens is 1. The van der Waals surface area contributed by atoms with Crippen molar-refractivity contribution < 1.29 is 0 Å². The standard InChI is InChI=1S/C14H15IN2/c15-12-6-3-7-13-11(12)8-9-14(17-13)16-10-4-1-2-5-10/h3,6-10H,1-2,4-5H2,(H,16,17). The van der Waals surface area contributed by atoms with Crippen LogP contribution in [0.25, 0.3) is 10.9 Å². The van der Waals surface area contributed by atoms with Crippen molar-refractivity contribution in [3.8, 4) is 0 Å². The molecule has 2 nitrogen and oxygen atoms in total. The Morgan fingerprint density at radius 1 is 1.12 bits per heavy atom. The van der Waals surface area contributed by atoms with Crippen molar-refractivity contribution in [3.63, 3.8) is 0 Å². The SMILES string of the molecule is Ic1cccc2nc(NC3CCCC3)ccc12. The molecule has 0 spiro atoms. The second kappa shape index (κ2) is 4.80. The number of nitrogens with zero attached hydrogens (tertiary/aromatic N) is 1. The lowest BCUT2D eigenvalue weighted by Crippen LogP contribution is -2.15. The molecule has 1 heterocycles. The first-order valence-electron chi connectivity index (χ1n) is 6.15. The van der Waals surface area contributed by atoms with Crippen molar-refractivity contribution in [2.75, 3.05) is 5.32 Å². The van der Waals surface area contributed by atoms with E-state index in [1.165, 1.54) is 34.6 Å². The summed E-state index contributed by atoms with van der Waals surface area (Å²) in [4.78, 5) is 4.68. The summed E-state index contributed by atoms with van der Waals surface area (Å²) in [6.45, 7) is 0. The van der Waals surface area contributed by atoms with Gasteiger partial charge in [0.05, 0.1) is 5.52 Å². The van der Waals surface area contributed by atoms with Crippen molar-refractivity contribution in [1.82, 2.24) is 4.98 Å². The summed E-state index contributed by atoms with van der Waals surface area (Å²) in [7, 11) is 0. The molecule has 1 aliphatic carbocycles. The molecule has 0 radical (unpaired) electrons.